The van der Waals surface area contributed by atoms with Crippen LogP contribution in [-0.4, -0.2) is 29.4 Å². The van der Waals surface area contributed by atoms with Crippen LogP contribution in [-0.2, 0) is 14.3 Å². The van der Waals surface area contributed by atoms with Crippen molar-refractivity contribution in [1.29, 1.82) is 0 Å². The van der Waals surface area contributed by atoms with E-state index in [2.05, 4.69) is 9.53 Å². The lowest BCUT2D eigenvalue weighted by molar-refractivity contribution is -0.139. The molecular formula is C8H12N2O3. The minimum atomic E-state index is -0.909. The first kappa shape index (κ1) is 11.5. The van der Waals surface area contributed by atoms with Crippen LogP contribution in [0, 0.1) is 5.92 Å². The summed E-state index contributed by atoms with van der Waals surface area (Å²) in [6, 6.07) is 0. The van der Waals surface area contributed by atoms with Gasteiger partial charge in [-0.15, -0.1) is 0 Å². The number of nitrogens with zero attached hydrogens (tertiary/aromatic N) is 2. The average molecular weight is 184 g/mol. The van der Waals surface area contributed by atoms with Crippen LogP contribution in [0.2, 0.25) is 0 Å². The van der Waals surface area contributed by atoms with Gasteiger partial charge in [-0.2, -0.15) is 4.79 Å². The van der Waals surface area contributed by atoms with Crippen molar-refractivity contribution in [3.05, 3.63) is 5.53 Å². The van der Waals surface area contributed by atoms with E-state index < -0.39 is 17.5 Å². The number of hydrogen-bond acceptors (Lipinski definition) is 3. The summed E-state index contributed by atoms with van der Waals surface area (Å²) in [7, 11) is 1.12. The van der Waals surface area contributed by atoms with Crippen LogP contribution in [0.25, 0.3) is 5.53 Å². The third kappa shape index (κ3) is 3.62. The number of ketones is 1. The fourth-order valence-electron chi connectivity index (χ4n) is 0.775. The van der Waals surface area contributed by atoms with Crippen LogP contribution in [0.1, 0.15) is 20.3 Å². The Morgan fingerprint density at radius 3 is 2.31 bits per heavy atom. The van der Waals surface area contributed by atoms with E-state index in [1.54, 1.807) is 0 Å². The van der Waals surface area contributed by atoms with Gasteiger partial charge in [0, 0.05) is 6.42 Å². The van der Waals surface area contributed by atoms with Gasteiger partial charge in [-0.05, 0) is 5.92 Å². The lowest BCUT2D eigenvalue weighted by atomic mass is 10.0. The smallest absolute Gasteiger partial charge is 0.441 e. The highest BCUT2D eigenvalue weighted by molar-refractivity contribution is 6.62. The topological polar surface area (TPSA) is 79.8 Å². The highest BCUT2D eigenvalue weighted by atomic mass is 16.5. The van der Waals surface area contributed by atoms with Crippen molar-refractivity contribution in [3.8, 4) is 0 Å². The Morgan fingerprint density at radius 2 is 2.00 bits per heavy atom. The summed E-state index contributed by atoms with van der Waals surface area (Å²) in [5, 5.41) is 0. The fourth-order valence-corrected chi connectivity index (χ4v) is 0.775. The molecule has 5 heteroatoms. The predicted octanol–water partition coefficient (Wildman–Crippen LogP) is 0.445. The Balaban J connectivity index is 4.54. The normalized spacial score (nSPS) is 9.23. The van der Waals surface area contributed by atoms with Crippen LogP contribution >= 0.6 is 0 Å². The summed E-state index contributed by atoms with van der Waals surface area (Å²) in [5.41, 5.74) is 7.83. The molecule has 0 unspecified atom stereocenters. The number of carbonyl (C=O) groups excluding carboxylic acids is 2. The molecule has 0 heterocycles. The van der Waals surface area contributed by atoms with Crippen molar-refractivity contribution in [3.63, 3.8) is 0 Å². The molecule has 0 rings (SSSR count). The number of Topliss-reactive ketones (excluding diaryl/α,β-unsaturated/α-hetero) is 1. The molecule has 0 spiro atoms. The Bertz CT molecular complexity index is 265. The zero-order valence-electron chi connectivity index (χ0n) is 7.90. The molecule has 72 valence electrons. The summed E-state index contributed by atoms with van der Waals surface area (Å²) in [6.07, 6.45) is 0.161. The molecule has 0 aliphatic carbocycles. The third-order valence-corrected chi connectivity index (χ3v) is 1.34. The van der Waals surface area contributed by atoms with E-state index in [0.29, 0.717) is 0 Å². The monoisotopic (exact) mass is 184 g/mol. The van der Waals surface area contributed by atoms with Crippen molar-refractivity contribution in [1.82, 2.24) is 0 Å². The Morgan fingerprint density at radius 1 is 1.46 bits per heavy atom. The van der Waals surface area contributed by atoms with Crippen molar-refractivity contribution < 1.29 is 19.1 Å². The largest absolute Gasteiger partial charge is 0.460 e. The van der Waals surface area contributed by atoms with Crippen LogP contribution < -0.4 is 0 Å². The van der Waals surface area contributed by atoms with Gasteiger partial charge in [0.25, 0.3) is 5.78 Å². The molecule has 0 aliphatic rings. The second kappa shape index (κ2) is 5.22. The quantitative estimate of drug-likeness (QED) is 0.209. The molecule has 0 amide bonds. The number of rotatable bonds is 4. The van der Waals surface area contributed by atoms with Crippen LogP contribution in [0.15, 0.2) is 0 Å². The molecule has 0 radical (unpaired) electrons. The standard InChI is InChI=1S/C8H12N2O3/c1-5(2)4-6(11)7(10-9)8(12)13-3/h5H,4H2,1-3H3. The van der Waals surface area contributed by atoms with Gasteiger partial charge in [0.1, 0.15) is 0 Å². The first-order valence-corrected chi connectivity index (χ1v) is 3.86. The molecule has 0 N–H and O–H groups in total. The number of carbonyl (C=O) groups is 2. The minimum absolute atomic E-state index is 0.105. The van der Waals surface area contributed by atoms with Crippen molar-refractivity contribution in [2.45, 2.75) is 20.3 Å². The predicted molar refractivity (Wildman–Crippen MR) is 45.1 cm³/mol. The highest BCUT2D eigenvalue weighted by Crippen LogP contribution is 2.01. The lowest BCUT2D eigenvalue weighted by Crippen LogP contribution is -2.27. The number of ether oxygens (including phenoxy) is 1. The Labute approximate surface area is 76.3 Å². The lowest BCUT2D eigenvalue weighted by Gasteiger charge is -1.98. The minimum Gasteiger partial charge on any atom is -0.460 e. The van der Waals surface area contributed by atoms with Gasteiger partial charge in [-0.3, -0.25) is 4.79 Å². The first-order chi connectivity index (χ1) is 6.02. The van der Waals surface area contributed by atoms with E-state index in [9.17, 15) is 9.59 Å². The summed E-state index contributed by atoms with van der Waals surface area (Å²) in [6.45, 7) is 3.65. The summed E-state index contributed by atoms with van der Waals surface area (Å²) in [4.78, 5) is 24.6. The summed E-state index contributed by atoms with van der Waals surface area (Å²) < 4.78 is 4.26. The molecular weight excluding hydrogens is 172 g/mol. The molecule has 0 aromatic heterocycles. The third-order valence-electron chi connectivity index (χ3n) is 1.34. The van der Waals surface area contributed by atoms with Gasteiger partial charge in [0.15, 0.2) is 0 Å². The Hall–Kier alpha value is -1.48. The maximum atomic E-state index is 11.2. The molecule has 0 aliphatic heterocycles. The van der Waals surface area contributed by atoms with E-state index >= 15 is 0 Å². The summed E-state index contributed by atoms with van der Waals surface area (Å²) in [5.74, 6) is -1.31. The molecule has 0 bridgehead atoms. The fraction of sp³-hybridized carbons (Fsp3) is 0.625. The maximum absolute atomic E-state index is 11.2. The van der Waals surface area contributed by atoms with Gasteiger partial charge in [0.05, 0.1) is 7.11 Å². The first-order valence-electron chi connectivity index (χ1n) is 3.86. The SMILES string of the molecule is COC(=O)C(=[N+]=[N-])C(=O)CC(C)C. The van der Waals surface area contributed by atoms with Crippen molar-refractivity contribution >= 4 is 17.5 Å². The van der Waals surface area contributed by atoms with Gasteiger partial charge in [0.2, 0.25) is 0 Å². The van der Waals surface area contributed by atoms with E-state index in [-0.39, 0.29) is 12.3 Å². The molecule has 0 atom stereocenters. The van der Waals surface area contributed by atoms with Gasteiger partial charge < -0.3 is 10.3 Å². The zero-order chi connectivity index (χ0) is 10.4. The Kier molecular flexibility index (Phi) is 4.62. The molecule has 0 fully saturated rings. The van der Waals surface area contributed by atoms with E-state index in [0.717, 1.165) is 7.11 Å². The van der Waals surface area contributed by atoms with E-state index in [4.69, 9.17) is 5.53 Å². The molecule has 0 aromatic rings. The zero-order valence-corrected chi connectivity index (χ0v) is 7.90. The molecule has 0 saturated carbocycles. The van der Waals surface area contributed by atoms with Crippen molar-refractivity contribution in [2.75, 3.05) is 7.11 Å². The maximum Gasteiger partial charge on any atom is 0.441 e. The number of methoxy groups -OCH3 is 1. The second-order valence-electron chi connectivity index (χ2n) is 2.96. The van der Waals surface area contributed by atoms with Crippen molar-refractivity contribution in [2.24, 2.45) is 5.92 Å². The summed E-state index contributed by atoms with van der Waals surface area (Å²) >= 11 is 0. The van der Waals surface area contributed by atoms with Crippen LogP contribution in [0.4, 0.5) is 0 Å². The molecule has 5 nitrogen and oxygen atoms in total. The average Bonchev–Trinajstić information content (AvgIpc) is 2.03. The number of hydrogen-bond donors (Lipinski definition) is 0. The highest BCUT2D eigenvalue weighted by Gasteiger charge is 2.30. The van der Waals surface area contributed by atoms with E-state index in [1.807, 2.05) is 13.8 Å². The van der Waals surface area contributed by atoms with E-state index in [1.165, 1.54) is 0 Å². The van der Waals surface area contributed by atoms with Crippen LogP contribution in [0.3, 0.4) is 0 Å². The van der Waals surface area contributed by atoms with Gasteiger partial charge in [-0.25, -0.2) is 4.79 Å². The molecule has 13 heavy (non-hydrogen) atoms. The van der Waals surface area contributed by atoms with Gasteiger partial charge >= 0.3 is 11.7 Å². The van der Waals surface area contributed by atoms with Crippen LogP contribution in [0.5, 0.6) is 0 Å². The second-order valence-corrected chi connectivity index (χ2v) is 2.96. The number of esters is 1. The molecule has 0 aromatic carbocycles. The molecule has 0 saturated heterocycles. The van der Waals surface area contributed by atoms with Gasteiger partial charge in [-0.1, -0.05) is 13.8 Å².